The van der Waals surface area contributed by atoms with Crippen molar-refractivity contribution in [1.82, 2.24) is 0 Å². The minimum Gasteiger partial charge on any atom is -0.780 e. The second-order valence-electron chi connectivity index (χ2n) is 5.23. The zero-order valence-corrected chi connectivity index (χ0v) is 22.0. The molecule has 0 aliphatic heterocycles. The van der Waals surface area contributed by atoms with E-state index >= 15 is 0 Å². The fourth-order valence-corrected chi connectivity index (χ4v) is 6.31. The van der Waals surface area contributed by atoms with Gasteiger partial charge < -0.3 is 50.5 Å². The van der Waals surface area contributed by atoms with Crippen LogP contribution in [0.25, 0.3) is 19.6 Å². The summed E-state index contributed by atoms with van der Waals surface area (Å²) in [6.45, 7) is 0. The molecule has 0 saturated heterocycles. The van der Waals surface area contributed by atoms with Crippen LogP contribution in [0.5, 0.6) is 0 Å². The smallest absolute Gasteiger partial charge is 0.00646 e. The summed E-state index contributed by atoms with van der Waals surface area (Å²) in [6.07, 6.45) is 0. The standard InChI is InChI=1S/2C10H8S4.Ni/c2*11-9(7-3-1-5-13-7)10(12)8-4-2-6-14-8;/h2*1-6,11-12H;/p-4/b2*10-9-;. The van der Waals surface area contributed by atoms with Crippen LogP contribution in [0, 0.1) is 0 Å². The Kier molecular flexibility index (Phi) is 10.7. The van der Waals surface area contributed by atoms with Gasteiger partial charge in [-0.15, -0.1) is 45.3 Å². The Bertz CT molecular complexity index is 854. The second-order valence-corrected chi connectivity index (χ2v) is 10.6. The zero-order chi connectivity index (χ0) is 19.9. The van der Waals surface area contributed by atoms with Gasteiger partial charge in [-0.2, -0.15) is 19.6 Å². The predicted octanol–water partition coefficient (Wildman–Crippen LogP) is 7.46. The summed E-state index contributed by atoms with van der Waals surface area (Å²) in [4.78, 5) is 7.48. The first kappa shape index (κ1) is 24.9. The van der Waals surface area contributed by atoms with E-state index < -0.39 is 0 Å². The molecule has 4 aromatic heterocycles. The summed E-state index contributed by atoms with van der Waals surface area (Å²) in [6, 6.07) is 16.0. The minimum atomic E-state index is 0. The van der Waals surface area contributed by atoms with Crippen LogP contribution in [-0.4, -0.2) is 0 Å². The first-order valence-corrected chi connectivity index (χ1v) is 13.0. The van der Waals surface area contributed by atoms with E-state index in [1.807, 2.05) is 70.1 Å². The van der Waals surface area contributed by atoms with Crippen molar-refractivity contribution in [3.8, 4) is 0 Å². The van der Waals surface area contributed by atoms with Crippen molar-refractivity contribution in [3.05, 3.63) is 89.6 Å². The molecule has 0 amide bonds. The maximum atomic E-state index is 5.32. The molecule has 29 heavy (non-hydrogen) atoms. The van der Waals surface area contributed by atoms with E-state index in [2.05, 4.69) is 0 Å². The fraction of sp³-hybridized carbons (Fsp3) is 0. The monoisotopic (exact) mass is 566 g/mol. The van der Waals surface area contributed by atoms with Crippen molar-refractivity contribution in [3.63, 3.8) is 0 Å². The molecule has 0 fully saturated rings. The summed E-state index contributed by atoms with van der Waals surface area (Å²) in [7, 11) is 0. The van der Waals surface area contributed by atoms with Gasteiger partial charge in [0.25, 0.3) is 0 Å². The van der Waals surface area contributed by atoms with Crippen LogP contribution in [0.15, 0.2) is 70.1 Å². The quantitative estimate of drug-likeness (QED) is 0.185. The van der Waals surface area contributed by atoms with Crippen LogP contribution in [0.2, 0.25) is 0 Å². The molecule has 0 aliphatic carbocycles. The van der Waals surface area contributed by atoms with Gasteiger partial charge in [0, 0.05) is 36.0 Å². The molecule has 0 bridgehead atoms. The van der Waals surface area contributed by atoms with Crippen molar-refractivity contribution in [1.29, 1.82) is 0 Å². The Labute approximate surface area is 219 Å². The second kappa shape index (κ2) is 12.5. The van der Waals surface area contributed by atoms with Crippen molar-refractivity contribution < 1.29 is 16.5 Å². The van der Waals surface area contributed by atoms with Gasteiger partial charge in [-0.1, -0.05) is 24.3 Å². The van der Waals surface area contributed by atoms with Gasteiger partial charge in [-0.25, -0.2) is 0 Å². The van der Waals surface area contributed by atoms with Crippen LogP contribution in [0.3, 0.4) is 0 Å². The largest absolute Gasteiger partial charge is 0.780 e. The molecule has 0 radical (unpaired) electrons. The van der Waals surface area contributed by atoms with E-state index in [1.54, 1.807) is 45.3 Å². The Morgan fingerprint density at radius 2 is 0.655 bits per heavy atom. The summed E-state index contributed by atoms with van der Waals surface area (Å²) in [5.41, 5.74) is 0. The molecule has 0 unspecified atom stereocenters. The van der Waals surface area contributed by atoms with Crippen LogP contribution in [0.4, 0.5) is 0 Å². The molecule has 4 heterocycles. The average Bonchev–Trinajstić information content (AvgIpc) is 3.54. The Morgan fingerprint density at radius 3 is 0.793 bits per heavy atom. The SMILES string of the molecule is [Ni].[S-]/C(=C(\[S-])c1cccs1)c1cccs1.[S-]/C(=C(\[S-])c1cccs1)c1cccs1. The van der Waals surface area contributed by atoms with Crippen LogP contribution in [0.1, 0.15) is 19.5 Å². The maximum absolute atomic E-state index is 5.32. The third-order valence-corrected chi connectivity index (χ3v) is 9.41. The van der Waals surface area contributed by atoms with Gasteiger partial charge in [-0.05, 0) is 45.8 Å². The number of thiophene rings is 4. The molecule has 0 atom stereocenters. The van der Waals surface area contributed by atoms with E-state index in [-0.39, 0.29) is 16.5 Å². The molecule has 0 saturated carbocycles. The van der Waals surface area contributed by atoms with Gasteiger partial charge in [0.15, 0.2) is 0 Å². The topological polar surface area (TPSA) is 0 Å². The van der Waals surface area contributed by atoms with Gasteiger partial charge in [0.2, 0.25) is 0 Å². The summed E-state index contributed by atoms with van der Waals surface area (Å²) in [5.74, 6) is 0. The third-order valence-electron chi connectivity index (χ3n) is 3.39. The normalized spacial score (nSPS) is 12.1. The van der Waals surface area contributed by atoms with E-state index in [1.165, 1.54) is 0 Å². The first-order chi connectivity index (χ1) is 13.6. The van der Waals surface area contributed by atoms with Gasteiger partial charge >= 0.3 is 0 Å². The van der Waals surface area contributed by atoms with Crippen LogP contribution < -0.4 is 0 Å². The van der Waals surface area contributed by atoms with Crippen LogP contribution >= 0.6 is 45.3 Å². The Balaban J connectivity index is 0.000000200. The van der Waals surface area contributed by atoms with E-state index in [4.69, 9.17) is 50.5 Å². The minimum absolute atomic E-state index is 0. The van der Waals surface area contributed by atoms with Crippen molar-refractivity contribution in [2.24, 2.45) is 0 Å². The fourth-order valence-electron chi connectivity index (χ4n) is 2.08. The molecule has 154 valence electrons. The van der Waals surface area contributed by atoms with E-state index in [9.17, 15) is 0 Å². The molecule has 0 aromatic carbocycles. The first-order valence-electron chi connectivity index (χ1n) is 7.90. The molecular weight excluding hydrogens is 555 g/mol. The van der Waals surface area contributed by atoms with Crippen LogP contribution in [-0.2, 0) is 67.0 Å². The van der Waals surface area contributed by atoms with Gasteiger partial charge in [-0.3, -0.25) is 0 Å². The third kappa shape index (κ3) is 6.82. The zero-order valence-electron chi connectivity index (χ0n) is 14.5. The van der Waals surface area contributed by atoms with E-state index in [0.29, 0.717) is 0 Å². The Morgan fingerprint density at radius 1 is 0.448 bits per heavy atom. The summed E-state index contributed by atoms with van der Waals surface area (Å²) < 4.78 is 0. The molecule has 9 heteroatoms. The molecule has 0 nitrogen and oxygen atoms in total. The Hall–Kier alpha value is -0.346. The van der Waals surface area contributed by atoms with E-state index in [0.717, 1.165) is 39.1 Å². The molecule has 4 rings (SSSR count). The molecule has 4 aromatic rings. The molecule has 0 aliphatic rings. The summed E-state index contributed by atoms with van der Waals surface area (Å²) >= 11 is 27.8. The summed E-state index contributed by atoms with van der Waals surface area (Å²) in [5, 5.41) is 8.05. The molecule has 0 spiro atoms. The number of hydrogen-bond donors (Lipinski definition) is 0. The van der Waals surface area contributed by atoms with Crippen molar-refractivity contribution in [2.45, 2.75) is 0 Å². The van der Waals surface area contributed by atoms with Crippen molar-refractivity contribution >= 4 is 115 Å². The number of rotatable bonds is 4. The average molecular weight is 568 g/mol. The molecule has 0 N–H and O–H groups in total. The molecular formula is C20H12NiS8-4. The predicted molar refractivity (Wildman–Crippen MR) is 140 cm³/mol. The van der Waals surface area contributed by atoms with Gasteiger partial charge in [0.05, 0.1) is 0 Å². The number of hydrogen-bond acceptors (Lipinski definition) is 8. The van der Waals surface area contributed by atoms with Gasteiger partial charge in [0.1, 0.15) is 0 Å². The maximum Gasteiger partial charge on any atom is 0.00646 e. The van der Waals surface area contributed by atoms with Crippen molar-refractivity contribution in [2.75, 3.05) is 0 Å².